The van der Waals surface area contributed by atoms with Crippen LogP contribution in [0.25, 0.3) is 0 Å². The second-order valence-corrected chi connectivity index (χ2v) is 4.18. The molecule has 2 rings (SSSR count). The lowest BCUT2D eigenvalue weighted by molar-refractivity contribution is -0.119. The second kappa shape index (κ2) is 5.53. The molecule has 1 aromatic carbocycles. The van der Waals surface area contributed by atoms with E-state index in [1.165, 1.54) is 4.90 Å². The van der Waals surface area contributed by atoms with Gasteiger partial charge in [-0.25, -0.2) is 4.79 Å². The summed E-state index contributed by atoms with van der Waals surface area (Å²) in [6.07, 6.45) is 0.365. The van der Waals surface area contributed by atoms with E-state index in [0.29, 0.717) is 13.2 Å². The molecule has 0 saturated carbocycles. The van der Waals surface area contributed by atoms with Gasteiger partial charge in [0.15, 0.2) is 0 Å². The van der Waals surface area contributed by atoms with Gasteiger partial charge in [0.25, 0.3) is 0 Å². The zero-order chi connectivity index (χ0) is 13.0. The summed E-state index contributed by atoms with van der Waals surface area (Å²) in [7, 11) is 1.70. The molecule has 0 unspecified atom stereocenters. The minimum Gasteiger partial charge on any atom is -0.449 e. The molecule has 5 nitrogen and oxygen atoms in total. The zero-order valence-corrected chi connectivity index (χ0v) is 10.3. The molecule has 0 bridgehead atoms. The van der Waals surface area contributed by atoms with Gasteiger partial charge >= 0.3 is 6.09 Å². The fraction of sp³-hybridized carbons (Fsp3) is 0.385. The highest BCUT2D eigenvalue weighted by Crippen LogP contribution is 2.12. The molecule has 0 atom stereocenters. The molecule has 1 aliphatic heterocycles. The summed E-state index contributed by atoms with van der Waals surface area (Å²) in [6.45, 7) is 1.08. The van der Waals surface area contributed by atoms with Gasteiger partial charge in [0.05, 0.1) is 6.61 Å². The molecule has 0 radical (unpaired) electrons. The van der Waals surface area contributed by atoms with Crippen LogP contribution in [0.4, 0.5) is 10.5 Å². The van der Waals surface area contributed by atoms with Crippen molar-refractivity contribution in [1.29, 1.82) is 0 Å². The average molecular weight is 248 g/mol. The highest BCUT2D eigenvalue weighted by atomic mass is 16.6. The Balaban J connectivity index is 1.97. The van der Waals surface area contributed by atoms with Crippen LogP contribution in [0.15, 0.2) is 30.3 Å². The fourth-order valence-corrected chi connectivity index (χ4v) is 1.81. The van der Waals surface area contributed by atoms with Crippen molar-refractivity contribution in [1.82, 2.24) is 4.90 Å². The number of cyclic esters (lactones) is 1. The van der Waals surface area contributed by atoms with Crippen LogP contribution in [-0.2, 0) is 9.53 Å². The molecule has 1 aromatic rings. The third-order valence-electron chi connectivity index (χ3n) is 2.90. The van der Waals surface area contributed by atoms with Crippen molar-refractivity contribution in [3.63, 3.8) is 0 Å². The number of carbonyl (C=O) groups is 2. The van der Waals surface area contributed by atoms with E-state index in [1.807, 2.05) is 30.3 Å². The molecule has 18 heavy (non-hydrogen) atoms. The van der Waals surface area contributed by atoms with Crippen molar-refractivity contribution < 1.29 is 14.3 Å². The van der Waals surface area contributed by atoms with Crippen molar-refractivity contribution in [2.24, 2.45) is 0 Å². The van der Waals surface area contributed by atoms with E-state index < -0.39 is 6.09 Å². The quantitative estimate of drug-likeness (QED) is 0.814. The Morgan fingerprint density at radius 1 is 1.39 bits per heavy atom. The van der Waals surface area contributed by atoms with Crippen molar-refractivity contribution >= 4 is 17.7 Å². The number of rotatable bonds is 3. The van der Waals surface area contributed by atoms with Gasteiger partial charge in [0.2, 0.25) is 5.91 Å². The van der Waals surface area contributed by atoms with Crippen LogP contribution in [0.1, 0.15) is 6.42 Å². The Kier molecular flexibility index (Phi) is 3.82. The van der Waals surface area contributed by atoms with Gasteiger partial charge in [-0.1, -0.05) is 18.2 Å². The lowest BCUT2D eigenvalue weighted by atomic mass is 10.3. The van der Waals surface area contributed by atoms with Crippen LogP contribution >= 0.6 is 0 Å². The number of amides is 2. The summed E-state index contributed by atoms with van der Waals surface area (Å²) >= 11 is 0. The molecule has 96 valence electrons. The minimum absolute atomic E-state index is 0.0597. The maximum atomic E-state index is 12.0. The van der Waals surface area contributed by atoms with Gasteiger partial charge in [0, 0.05) is 19.3 Å². The van der Waals surface area contributed by atoms with Gasteiger partial charge in [-0.2, -0.15) is 0 Å². The number of para-hydroxylation sites is 1. The molecule has 0 spiro atoms. The largest absolute Gasteiger partial charge is 0.449 e. The van der Waals surface area contributed by atoms with Crippen LogP contribution in [0, 0.1) is 0 Å². The molecule has 1 saturated heterocycles. The first kappa shape index (κ1) is 12.4. The van der Waals surface area contributed by atoms with E-state index in [-0.39, 0.29) is 12.5 Å². The molecule has 1 heterocycles. The number of anilines is 1. The maximum Gasteiger partial charge on any atom is 0.410 e. The third kappa shape index (κ3) is 2.80. The van der Waals surface area contributed by atoms with Gasteiger partial charge < -0.3 is 9.64 Å². The molecule has 1 fully saturated rings. The van der Waals surface area contributed by atoms with Crippen molar-refractivity contribution in [2.45, 2.75) is 6.42 Å². The summed E-state index contributed by atoms with van der Waals surface area (Å²) in [5, 5.41) is 0. The number of ether oxygens (including phenoxy) is 1. The van der Waals surface area contributed by atoms with Gasteiger partial charge in [-0.3, -0.25) is 9.69 Å². The van der Waals surface area contributed by atoms with E-state index in [4.69, 9.17) is 4.74 Å². The summed E-state index contributed by atoms with van der Waals surface area (Å²) in [4.78, 5) is 26.4. The normalized spacial score (nSPS) is 15.2. The first-order chi connectivity index (χ1) is 8.68. The number of likely N-dealkylation sites (N-methyl/N-ethyl adjacent to an activating group) is 1. The highest BCUT2D eigenvalue weighted by Gasteiger charge is 2.23. The van der Waals surface area contributed by atoms with Crippen molar-refractivity contribution in [2.75, 3.05) is 31.6 Å². The fourth-order valence-electron chi connectivity index (χ4n) is 1.81. The second-order valence-electron chi connectivity index (χ2n) is 4.18. The standard InChI is InChI=1S/C13H16N2O3/c1-14(11-6-3-2-4-7-11)12(16)10-15-8-5-9-18-13(15)17/h2-4,6-7H,5,8-10H2,1H3. The lowest BCUT2D eigenvalue weighted by Crippen LogP contribution is -2.44. The Labute approximate surface area is 106 Å². The number of hydrogen-bond acceptors (Lipinski definition) is 3. The van der Waals surface area contributed by atoms with E-state index in [1.54, 1.807) is 11.9 Å². The first-order valence-corrected chi connectivity index (χ1v) is 5.92. The van der Waals surface area contributed by atoms with Crippen molar-refractivity contribution in [3.05, 3.63) is 30.3 Å². The van der Waals surface area contributed by atoms with Crippen LogP contribution < -0.4 is 4.90 Å². The van der Waals surface area contributed by atoms with Gasteiger partial charge in [0.1, 0.15) is 6.54 Å². The molecular formula is C13H16N2O3. The Bertz CT molecular complexity index is 433. The number of carbonyl (C=O) groups excluding carboxylic acids is 2. The smallest absolute Gasteiger partial charge is 0.410 e. The first-order valence-electron chi connectivity index (χ1n) is 5.92. The molecule has 5 heteroatoms. The summed E-state index contributed by atoms with van der Waals surface area (Å²) in [5.41, 5.74) is 0.813. The molecular weight excluding hydrogens is 232 g/mol. The SMILES string of the molecule is CN(C(=O)CN1CCCOC1=O)c1ccccc1. The number of nitrogens with zero attached hydrogens (tertiary/aromatic N) is 2. The van der Waals surface area contributed by atoms with E-state index >= 15 is 0 Å². The average Bonchev–Trinajstić information content (AvgIpc) is 2.41. The summed E-state index contributed by atoms with van der Waals surface area (Å²) in [5.74, 6) is -0.125. The highest BCUT2D eigenvalue weighted by molar-refractivity contribution is 5.95. The van der Waals surface area contributed by atoms with E-state index in [9.17, 15) is 9.59 Å². The van der Waals surface area contributed by atoms with Crippen molar-refractivity contribution in [3.8, 4) is 0 Å². The monoisotopic (exact) mass is 248 g/mol. The van der Waals surface area contributed by atoms with Gasteiger partial charge in [-0.15, -0.1) is 0 Å². The number of hydrogen-bond donors (Lipinski definition) is 0. The maximum absolute atomic E-state index is 12.0. The minimum atomic E-state index is -0.406. The van der Waals surface area contributed by atoms with Crippen LogP contribution in [-0.4, -0.2) is 43.6 Å². The van der Waals surface area contributed by atoms with E-state index in [0.717, 1.165) is 12.1 Å². The number of benzene rings is 1. The Morgan fingerprint density at radius 3 is 2.78 bits per heavy atom. The third-order valence-corrected chi connectivity index (χ3v) is 2.90. The Hall–Kier alpha value is -2.04. The van der Waals surface area contributed by atoms with Gasteiger partial charge in [-0.05, 0) is 18.6 Å². The molecule has 1 aliphatic rings. The molecule has 0 aliphatic carbocycles. The summed E-state index contributed by atoms with van der Waals surface area (Å²) in [6, 6.07) is 9.34. The molecule has 0 N–H and O–H groups in total. The summed E-state index contributed by atoms with van der Waals surface area (Å²) < 4.78 is 4.89. The topological polar surface area (TPSA) is 49.9 Å². The van der Waals surface area contributed by atoms with Crippen LogP contribution in [0.5, 0.6) is 0 Å². The van der Waals surface area contributed by atoms with E-state index in [2.05, 4.69) is 0 Å². The Morgan fingerprint density at radius 2 is 2.11 bits per heavy atom. The molecule has 0 aromatic heterocycles. The zero-order valence-electron chi connectivity index (χ0n) is 10.3. The predicted octanol–water partition coefficient (Wildman–Crippen LogP) is 1.49. The van der Waals surface area contributed by atoms with Crippen LogP contribution in [0.3, 0.4) is 0 Å². The van der Waals surface area contributed by atoms with Crippen LogP contribution in [0.2, 0.25) is 0 Å². The lowest BCUT2D eigenvalue weighted by Gasteiger charge is -2.27. The predicted molar refractivity (Wildman–Crippen MR) is 67.4 cm³/mol. The molecule has 2 amide bonds.